The van der Waals surface area contributed by atoms with Crippen LogP contribution in [0, 0.1) is 0 Å². The van der Waals surface area contributed by atoms with Crippen LogP contribution in [0.25, 0.3) is 0 Å². The van der Waals surface area contributed by atoms with Crippen molar-refractivity contribution < 1.29 is 23.1 Å². The minimum Gasteiger partial charge on any atom is -0.546 e. The lowest BCUT2D eigenvalue weighted by molar-refractivity contribution is -0.307. The quantitative estimate of drug-likeness (QED) is 0.774. The van der Waals surface area contributed by atoms with E-state index in [0.717, 1.165) is 0 Å². The van der Waals surface area contributed by atoms with Crippen LogP contribution in [0.3, 0.4) is 0 Å². The van der Waals surface area contributed by atoms with Gasteiger partial charge in [0, 0.05) is 6.54 Å². The molecule has 0 aromatic heterocycles. The van der Waals surface area contributed by atoms with Crippen molar-refractivity contribution in [1.29, 1.82) is 0 Å². The summed E-state index contributed by atoms with van der Waals surface area (Å²) in [5.74, 6) is -1.31. The molecule has 19 heavy (non-hydrogen) atoms. The Bertz CT molecular complexity index is 558. The van der Waals surface area contributed by atoms with Gasteiger partial charge in [-0.3, -0.25) is 0 Å². The zero-order valence-corrected chi connectivity index (χ0v) is 11.8. The number of carboxylic acids is 1. The Balaban J connectivity index is 2.90. The average Bonchev–Trinajstić information content (AvgIpc) is 2.34. The predicted octanol–water partition coefficient (Wildman–Crippen LogP) is 0.157. The first-order valence-corrected chi connectivity index (χ1v) is 7.34. The molecule has 0 aliphatic carbocycles. The van der Waals surface area contributed by atoms with Gasteiger partial charge in [0.05, 0.1) is 15.9 Å². The molecule has 0 spiro atoms. The Kier molecular flexibility index (Phi) is 5.59. The van der Waals surface area contributed by atoms with Crippen molar-refractivity contribution in [2.24, 2.45) is 0 Å². The van der Waals surface area contributed by atoms with Crippen LogP contribution in [-0.2, 0) is 14.8 Å². The van der Waals surface area contributed by atoms with Crippen LogP contribution < -0.4 is 14.6 Å². The van der Waals surface area contributed by atoms with Gasteiger partial charge in [-0.1, -0.05) is 18.5 Å². The molecule has 0 saturated heterocycles. The molecule has 1 rings (SSSR count). The molecule has 0 unspecified atom stereocenters. The van der Waals surface area contributed by atoms with Crippen LogP contribution in [0.15, 0.2) is 23.1 Å². The Morgan fingerprint density at radius 1 is 1.47 bits per heavy atom. The maximum absolute atomic E-state index is 11.8. The third kappa shape index (κ3) is 4.70. The molecule has 0 bridgehead atoms. The number of carbonyl (C=O) groups excluding carboxylic acids is 1. The topological polar surface area (TPSA) is 95.5 Å². The molecule has 0 fully saturated rings. The summed E-state index contributed by atoms with van der Waals surface area (Å²) in [6.07, 6.45) is 0.666. The second kappa shape index (κ2) is 6.74. The summed E-state index contributed by atoms with van der Waals surface area (Å²) in [4.78, 5) is 10.2. The van der Waals surface area contributed by atoms with Crippen molar-refractivity contribution in [2.45, 2.75) is 18.2 Å². The second-order valence-corrected chi connectivity index (χ2v) is 5.82. The van der Waals surface area contributed by atoms with E-state index >= 15 is 0 Å². The number of sulfonamides is 1. The number of carbonyl (C=O) groups is 1. The SMILES string of the molecule is CCCNS(=O)(=O)c1ccc(OCC(=O)[O-])c(Cl)c1. The van der Waals surface area contributed by atoms with Crippen LogP contribution in [0.1, 0.15) is 13.3 Å². The highest BCUT2D eigenvalue weighted by atomic mass is 35.5. The third-order valence-electron chi connectivity index (χ3n) is 2.10. The second-order valence-electron chi connectivity index (χ2n) is 3.65. The van der Waals surface area contributed by atoms with E-state index in [0.29, 0.717) is 13.0 Å². The fourth-order valence-corrected chi connectivity index (χ4v) is 2.68. The summed E-state index contributed by atoms with van der Waals surface area (Å²) >= 11 is 5.82. The van der Waals surface area contributed by atoms with Crippen LogP contribution in [0.2, 0.25) is 5.02 Å². The van der Waals surface area contributed by atoms with Gasteiger partial charge in [0.1, 0.15) is 12.4 Å². The zero-order valence-electron chi connectivity index (χ0n) is 10.2. The van der Waals surface area contributed by atoms with Gasteiger partial charge < -0.3 is 14.6 Å². The normalized spacial score (nSPS) is 11.3. The minimum atomic E-state index is -3.61. The minimum absolute atomic E-state index is 0.00764. The van der Waals surface area contributed by atoms with E-state index in [-0.39, 0.29) is 15.7 Å². The standard InChI is InChI=1S/C11H14ClNO5S/c1-2-5-13-19(16,17)8-3-4-10(9(12)6-8)18-7-11(14)15/h3-4,6,13H,2,5,7H2,1H3,(H,14,15)/p-1. The largest absolute Gasteiger partial charge is 0.546 e. The van der Waals surface area contributed by atoms with E-state index in [1.807, 2.05) is 6.92 Å². The van der Waals surface area contributed by atoms with Gasteiger partial charge in [-0.15, -0.1) is 0 Å². The van der Waals surface area contributed by atoms with E-state index < -0.39 is 22.6 Å². The fraction of sp³-hybridized carbons (Fsp3) is 0.364. The van der Waals surface area contributed by atoms with E-state index in [2.05, 4.69) is 4.72 Å². The van der Waals surface area contributed by atoms with Crippen molar-refractivity contribution in [1.82, 2.24) is 4.72 Å². The predicted molar refractivity (Wildman–Crippen MR) is 67.4 cm³/mol. The van der Waals surface area contributed by atoms with Gasteiger partial charge in [-0.2, -0.15) is 0 Å². The summed E-state index contributed by atoms with van der Waals surface area (Å²) in [6, 6.07) is 3.78. The molecule has 0 aliphatic heterocycles. The molecule has 106 valence electrons. The van der Waals surface area contributed by atoms with Gasteiger partial charge in [0.25, 0.3) is 0 Å². The summed E-state index contributed by atoms with van der Waals surface area (Å²) in [6.45, 7) is 1.51. The molecular formula is C11H13ClNO5S-. The number of hydrogen-bond donors (Lipinski definition) is 1. The Hall–Kier alpha value is -1.31. The first-order valence-electron chi connectivity index (χ1n) is 5.48. The third-order valence-corrected chi connectivity index (χ3v) is 3.86. The molecule has 0 radical (unpaired) electrons. The van der Waals surface area contributed by atoms with Gasteiger partial charge >= 0.3 is 0 Å². The summed E-state index contributed by atoms with van der Waals surface area (Å²) in [5, 5.41) is 10.3. The molecular weight excluding hydrogens is 294 g/mol. The van der Waals surface area contributed by atoms with E-state index in [9.17, 15) is 18.3 Å². The molecule has 1 N–H and O–H groups in total. The van der Waals surface area contributed by atoms with Crippen molar-refractivity contribution in [3.05, 3.63) is 23.2 Å². The highest BCUT2D eigenvalue weighted by Gasteiger charge is 2.15. The molecule has 8 heteroatoms. The van der Waals surface area contributed by atoms with Gasteiger partial charge in [0.15, 0.2) is 0 Å². The number of nitrogens with one attached hydrogen (secondary N) is 1. The average molecular weight is 307 g/mol. The van der Waals surface area contributed by atoms with Gasteiger partial charge in [-0.05, 0) is 24.6 Å². The smallest absolute Gasteiger partial charge is 0.240 e. The molecule has 0 heterocycles. The van der Waals surface area contributed by atoms with Crippen LogP contribution in [-0.4, -0.2) is 27.5 Å². The Morgan fingerprint density at radius 2 is 2.16 bits per heavy atom. The highest BCUT2D eigenvalue weighted by molar-refractivity contribution is 7.89. The van der Waals surface area contributed by atoms with Crippen LogP contribution in [0.4, 0.5) is 0 Å². The van der Waals surface area contributed by atoms with Gasteiger partial charge in [0.2, 0.25) is 10.0 Å². The number of carboxylic acid groups (broad SMARTS) is 1. The molecule has 0 amide bonds. The molecule has 1 aromatic rings. The van der Waals surface area contributed by atoms with Crippen LogP contribution >= 0.6 is 11.6 Å². The zero-order chi connectivity index (χ0) is 14.5. The Labute approximate surface area is 116 Å². The van der Waals surface area contributed by atoms with Crippen molar-refractivity contribution in [3.8, 4) is 5.75 Å². The Morgan fingerprint density at radius 3 is 2.68 bits per heavy atom. The maximum Gasteiger partial charge on any atom is 0.240 e. The van der Waals surface area contributed by atoms with Crippen LogP contribution in [0.5, 0.6) is 5.75 Å². The fourth-order valence-electron chi connectivity index (χ4n) is 1.22. The number of aliphatic carboxylic acids is 1. The summed E-state index contributed by atoms with van der Waals surface area (Å²) in [7, 11) is -3.61. The number of rotatable bonds is 7. The molecule has 1 aromatic carbocycles. The summed E-state index contributed by atoms with van der Waals surface area (Å²) in [5.41, 5.74) is 0. The van der Waals surface area contributed by atoms with E-state index in [1.54, 1.807) is 0 Å². The molecule has 0 atom stereocenters. The first kappa shape index (κ1) is 15.7. The lowest BCUT2D eigenvalue weighted by Gasteiger charge is -2.10. The van der Waals surface area contributed by atoms with E-state index in [4.69, 9.17) is 16.3 Å². The monoisotopic (exact) mass is 306 g/mol. The summed E-state index contributed by atoms with van der Waals surface area (Å²) < 4.78 is 30.8. The number of halogens is 1. The lowest BCUT2D eigenvalue weighted by atomic mass is 10.3. The van der Waals surface area contributed by atoms with Crippen molar-refractivity contribution in [3.63, 3.8) is 0 Å². The van der Waals surface area contributed by atoms with Crippen molar-refractivity contribution >= 4 is 27.6 Å². The maximum atomic E-state index is 11.8. The molecule has 0 aliphatic rings. The first-order chi connectivity index (χ1) is 8.86. The van der Waals surface area contributed by atoms with E-state index in [1.165, 1.54) is 18.2 Å². The lowest BCUT2D eigenvalue weighted by Crippen LogP contribution is -2.29. The van der Waals surface area contributed by atoms with Crippen molar-refractivity contribution in [2.75, 3.05) is 13.2 Å². The van der Waals surface area contributed by atoms with Gasteiger partial charge in [-0.25, -0.2) is 13.1 Å². The molecule has 6 nitrogen and oxygen atoms in total. The number of ether oxygens (including phenoxy) is 1. The highest BCUT2D eigenvalue weighted by Crippen LogP contribution is 2.27. The number of hydrogen-bond acceptors (Lipinski definition) is 5. The number of benzene rings is 1. The molecule has 0 saturated carbocycles.